The molecular formula is C20H22N2O4S. The molecule has 6 nitrogen and oxygen atoms in total. The van der Waals surface area contributed by atoms with E-state index in [9.17, 15) is 13.2 Å². The largest absolute Gasteiger partial charge is 0.495 e. The molecule has 27 heavy (non-hydrogen) atoms. The third-order valence-corrected chi connectivity index (χ3v) is 7.04. The summed E-state index contributed by atoms with van der Waals surface area (Å²) in [6, 6.07) is 13.9. The van der Waals surface area contributed by atoms with Crippen LogP contribution in [0.4, 0.5) is 16.2 Å². The van der Waals surface area contributed by atoms with Crippen molar-refractivity contribution in [2.24, 2.45) is 0 Å². The van der Waals surface area contributed by atoms with Crippen LogP contribution in [0.1, 0.15) is 12.5 Å². The van der Waals surface area contributed by atoms with E-state index in [0.717, 1.165) is 12.1 Å². The minimum absolute atomic E-state index is 0.0232. The van der Waals surface area contributed by atoms with Gasteiger partial charge in [-0.15, -0.1) is 0 Å². The van der Waals surface area contributed by atoms with Crippen molar-refractivity contribution in [1.82, 2.24) is 0 Å². The normalized spacial score (nSPS) is 23.6. The maximum absolute atomic E-state index is 13.4. The van der Waals surface area contributed by atoms with Gasteiger partial charge in [0.2, 0.25) is 0 Å². The lowest BCUT2D eigenvalue weighted by Gasteiger charge is -2.24. The maximum Gasteiger partial charge on any atom is 0.329 e. The minimum atomic E-state index is -3.22. The van der Waals surface area contributed by atoms with Crippen LogP contribution in [0, 0.1) is 0 Å². The van der Waals surface area contributed by atoms with Gasteiger partial charge in [0.25, 0.3) is 0 Å². The number of hydrogen-bond donors (Lipinski definition) is 0. The van der Waals surface area contributed by atoms with E-state index in [2.05, 4.69) is 6.92 Å². The lowest BCUT2D eigenvalue weighted by Crippen LogP contribution is -2.38. The predicted octanol–water partition coefficient (Wildman–Crippen LogP) is 2.87. The quantitative estimate of drug-likeness (QED) is 0.758. The molecule has 2 aromatic carbocycles. The van der Waals surface area contributed by atoms with Gasteiger partial charge in [-0.25, -0.2) is 13.2 Å². The Morgan fingerprint density at radius 1 is 1.00 bits per heavy atom. The third kappa shape index (κ3) is 2.96. The number of carbonyl (C=O) groups is 1. The highest BCUT2D eigenvalue weighted by atomic mass is 32.2. The summed E-state index contributed by atoms with van der Waals surface area (Å²) in [5.41, 5.74) is 2.49. The Bertz CT molecular complexity index is 972. The molecule has 0 aromatic heterocycles. The fourth-order valence-electron chi connectivity index (χ4n) is 4.01. The molecule has 2 fully saturated rings. The molecule has 2 aromatic rings. The molecule has 0 bridgehead atoms. The van der Waals surface area contributed by atoms with E-state index < -0.39 is 21.9 Å². The second kappa shape index (κ2) is 6.56. The van der Waals surface area contributed by atoms with Crippen LogP contribution in [-0.4, -0.2) is 45.1 Å². The Morgan fingerprint density at radius 2 is 1.63 bits per heavy atom. The van der Waals surface area contributed by atoms with Crippen molar-refractivity contribution < 1.29 is 17.9 Å². The van der Waals surface area contributed by atoms with Gasteiger partial charge in [-0.2, -0.15) is 0 Å². The fraction of sp³-hybridized carbons (Fsp3) is 0.350. The van der Waals surface area contributed by atoms with E-state index >= 15 is 0 Å². The first-order valence-corrected chi connectivity index (χ1v) is 10.8. The Kier molecular flexibility index (Phi) is 4.34. The first-order chi connectivity index (χ1) is 12.9. The number of rotatable bonds is 4. The molecule has 0 N–H and O–H groups in total. The molecule has 7 heteroatoms. The highest BCUT2D eigenvalue weighted by Crippen LogP contribution is 2.41. The first-order valence-electron chi connectivity index (χ1n) is 9.00. The lowest BCUT2D eigenvalue weighted by molar-refractivity contribution is 0.255. The number of amides is 2. The van der Waals surface area contributed by atoms with Crippen molar-refractivity contribution in [3.63, 3.8) is 0 Å². The van der Waals surface area contributed by atoms with Crippen LogP contribution in [0.15, 0.2) is 48.5 Å². The van der Waals surface area contributed by atoms with E-state index in [1.54, 1.807) is 29.0 Å². The van der Waals surface area contributed by atoms with Crippen LogP contribution in [0.25, 0.3) is 0 Å². The number of nitrogens with zero attached hydrogens (tertiary/aromatic N) is 2. The standard InChI is InChI=1S/C20H22N2O4S/c1-3-14-8-10-15(11-9-14)21-17-12-27(24,25)13-18(17)22(20(21)23)16-6-4-5-7-19(16)26-2/h4-11,17-18H,3,12-13H2,1-2H3/t17-,18+/m1/s1. The predicted molar refractivity (Wildman–Crippen MR) is 105 cm³/mol. The minimum Gasteiger partial charge on any atom is -0.495 e. The average molecular weight is 386 g/mol. The molecule has 0 spiro atoms. The summed E-state index contributed by atoms with van der Waals surface area (Å²) in [5.74, 6) is 0.493. The molecule has 2 aliphatic heterocycles. The number of anilines is 2. The maximum atomic E-state index is 13.4. The number of hydrogen-bond acceptors (Lipinski definition) is 4. The second-order valence-electron chi connectivity index (χ2n) is 6.93. The first kappa shape index (κ1) is 17.9. The number of aryl methyl sites for hydroxylation is 1. The smallest absolute Gasteiger partial charge is 0.329 e. The Morgan fingerprint density at radius 3 is 2.26 bits per heavy atom. The topological polar surface area (TPSA) is 66.9 Å². The van der Waals surface area contributed by atoms with E-state index in [1.807, 2.05) is 36.4 Å². The zero-order valence-electron chi connectivity index (χ0n) is 15.3. The molecule has 0 unspecified atom stereocenters. The summed E-state index contributed by atoms with van der Waals surface area (Å²) < 4.78 is 30.1. The molecule has 2 atom stereocenters. The number of sulfone groups is 1. The molecule has 0 aliphatic carbocycles. The summed E-state index contributed by atoms with van der Waals surface area (Å²) in [5, 5.41) is 0. The van der Waals surface area contributed by atoms with Gasteiger partial charge in [-0.05, 0) is 36.2 Å². The van der Waals surface area contributed by atoms with Gasteiger partial charge in [0.1, 0.15) is 5.75 Å². The van der Waals surface area contributed by atoms with Crippen molar-refractivity contribution in [2.45, 2.75) is 25.4 Å². The SMILES string of the molecule is CCc1ccc(N2C(=O)N(c3ccccc3OC)[C@H]3CS(=O)(=O)C[C@H]32)cc1. The lowest BCUT2D eigenvalue weighted by atomic mass is 10.1. The van der Waals surface area contributed by atoms with Crippen molar-refractivity contribution >= 4 is 27.2 Å². The Labute approximate surface area is 159 Å². The highest BCUT2D eigenvalue weighted by molar-refractivity contribution is 7.91. The fourth-order valence-corrected chi connectivity index (χ4v) is 5.93. The van der Waals surface area contributed by atoms with E-state index in [4.69, 9.17) is 4.74 Å². The van der Waals surface area contributed by atoms with Crippen LogP contribution in [0.2, 0.25) is 0 Å². The number of ether oxygens (including phenoxy) is 1. The van der Waals surface area contributed by atoms with Crippen LogP contribution in [0.5, 0.6) is 5.75 Å². The van der Waals surface area contributed by atoms with Gasteiger partial charge in [0, 0.05) is 5.69 Å². The van der Waals surface area contributed by atoms with Gasteiger partial charge >= 0.3 is 6.03 Å². The molecule has 2 aliphatic rings. The second-order valence-corrected chi connectivity index (χ2v) is 9.08. The van der Waals surface area contributed by atoms with Crippen LogP contribution in [0.3, 0.4) is 0 Å². The monoisotopic (exact) mass is 386 g/mol. The molecule has 0 saturated carbocycles. The summed E-state index contributed by atoms with van der Waals surface area (Å²) in [4.78, 5) is 16.6. The molecule has 2 heterocycles. The van der Waals surface area contributed by atoms with Crippen LogP contribution >= 0.6 is 0 Å². The van der Waals surface area contributed by atoms with Gasteiger partial charge in [0.15, 0.2) is 9.84 Å². The van der Waals surface area contributed by atoms with Crippen LogP contribution in [-0.2, 0) is 16.3 Å². The summed E-state index contributed by atoms with van der Waals surface area (Å²) in [6.07, 6.45) is 0.905. The third-order valence-electron chi connectivity index (χ3n) is 5.34. The van der Waals surface area contributed by atoms with Crippen LogP contribution < -0.4 is 14.5 Å². The van der Waals surface area contributed by atoms with E-state index in [0.29, 0.717) is 11.4 Å². The molecule has 0 radical (unpaired) electrons. The van der Waals surface area contributed by atoms with Crippen molar-refractivity contribution in [1.29, 1.82) is 0 Å². The molecule has 142 valence electrons. The van der Waals surface area contributed by atoms with Crippen molar-refractivity contribution in [3.05, 3.63) is 54.1 Å². The van der Waals surface area contributed by atoms with Gasteiger partial charge in [-0.1, -0.05) is 31.2 Å². The summed E-state index contributed by atoms with van der Waals surface area (Å²) >= 11 is 0. The average Bonchev–Trinajstić information content (AvgIpc) is 3.10. The molecule has 2 saturated heterocycles. The van der Waals surface area contributed by atoms with Gasteiger partial charge in [0.05, 0.1) is 36.4 Å². The number of urea groups is 1. The molecular weight excluding hydrogens is 364 g/mol. The highest BCUT2D eigenvalue weighted by Gasteiger charge is 2.54. The number of benzene rings is 2. The number of carbonyl (C=O) groups excluding carboxylic acids is 1. The molecule has 4 rings (SSSR count). The van der Waals surface area contributed by atoms with Crippen molar-refractivity contribution in [3.8, 4) is 5.75 Å². The number of para-hydroxylation sites is 2. The number of methoxy groups -OCH3 is 1. The van der Waals surface area contributed by atoms with Crippen molar-refractivity contribution in [2.75, 3.05) is 28.4 Å². The Balaban J connectivity index is 1.80. The number of fused-ring (bicyclic) bond motifs is 1. The molecule has 2 amide bonds. The van der Waals surface area contributed by atoms with Gasteiger partial charge in [-0.3, -0.25) is 9.80 Å². The van der Waals surface area contributed by atoms with E-state index in [1.165, 1.54) is 5.56 Å². The Hall–Kier alpha value is -2.54. The van der Waals surface area contributed by atoms with E-state index in [-0.39, 0.29) is 17.5 Å². The zero-order chi connectivity index (χ0) is 19.2. The summed E-state index contributed by atoms with van der Waals surface area (Å²) in [6.45, 7) is 2.07. The zero-order valence-corrected chi connectivity index (χ0v) is 16.1. The summed E-state index contributed by atoms with van der Waals surface area (Å²) in [7, 11) is -1.67. The van der Waals surface area contributed by atoms with Gasteiger partial charge < -0.3 is 4.74 Å².